The van der Waals surface area contributed by atoms with Crippen molar-refractivity contribution in [3.63, 3.8) is 0 Å². The van der Waals surface area contributed by atoms with Gasteiger partial charge in [0.2, 0.25) is 0 Å². The van der Waals surface area contributed by atoms with Crippen molar-refractivity contribution in [1.82, 2.24) is 9.88 Å². The first-order chi connectivity index (χ1) is 13.3. The molecule has 6 nitrogen and oxygen atoms in total. The van der Waals surface area contributed by atoms with Crippen LogP contribution >= 0.6 is 23.1 Å². The van der Waals surface area contributed by atoms with Crippen molar-refractivity contribution in [2.24, 2.45) is 11.8 Å². The van der Waals surface area contributed by atoms with E-state index in [-0.39, 0.29) is 24.5 Å². The summed E-state index contributed by atoms with van der Waals surface area (Å²) < 4.78 is 0.921. The number of nitrogens with zero attached hydrogens (tertiary/aromatic N) is 2. The highest BCUT2D eigenvalue weighted by Crippen LogP contribution is 2.32. The van der Waals surface area contributed by atoms with Crippen LogP contribution in [0.3, 0.4) is 0 Å². The average molecular weight is 428 g/mol. The number of amides is 2. The summed E-state index contributed by atoms with van der Waals surface area (Å²) in [6.07, 6.45) is 7.26. The van der Waals surface area contributed by atoms with E-state index in [4.69, 9.17) is 5.11 Å². The van der Waals surface area contributed by atoms with E-state index >= 15 is 0 Å². The number of rotatable bonds is 9. The van der Waals surface area contributed by atoms with E-state index in [1.807, 2.05) is 4.90 Å². The molecule has 1 fully saturated rings. The Labute approximate surface area is 176 Å². The summed E-state index contributed by atoms with van der Waals surface area (Å²) in [6.45, 7) is 8.82. The number of carbonyl (C=O) groups is 2. The molecule has 1 aliphatic rings. The van der Waals surface area contributed by atoms with Crippen molar-refractivity contribution in [3.8, 4) is 0 Å². The van der Waals surface area contributed by atoms with E-state index in [0.29, 0.717) is 16.8 Å². The second-order valence-corrected chi connectivity index (χ2v) is 10.6. The number of thiazole rings is 1. The van der Waals surface area contributed by atoms with Gasteiger partial charge in [-0.15, -0.1) is 11.8 Å². The maximum Gasteiger partial charge on any atom is 0.324 e. The van der Waals surface area contributed by atoms with Gasteiger partial charge in [-0.05, 0) is 50.9 Å². The lowest BCUT2D eigenvalue weighted by molar-refractivity contribution is -0.136. The number of carboxylic acids is 1. The Kier molecular flexibility index (Phi) is 9.08. The van der Waals surface area contributed by atoms with Gasteiger partial charge < -0.3 is 10.0 Å². The predicted molar refractivity (Wildman–Crippen MR) is 116 cm³/mol. The quantitative estimate of drug-likeness (QED) is 0.504. The van der Waals surface area contributed by atoms with E-state index in [9.17, 15) is 9.59 Å². The van der Waals surface area contributed by atoms with Gasteiger partial charge in [0.15, 0.2) is 5.13 Å². The number of aromatic nitrogens is 1. The second kappa shape index (κ2) is 11.0. The van der Waals surface area contributed by atoms with Gasteiger partial charge in [0.25, 0.3) is 0 Å². The summed E-state index contributed by atoms with van der Waals surface area (Å²) in [7, 11) is 0. The molecule has 0 aromatic carbocycles. The largest absolute Gasteiger partial charge is 0.481 e. The predicted octanol–water partition coefficient (Wildman–Crippen LogP) is 5.56. The van der Waals surface area contributed by atoms with Crippen LogP contribution in [-0.4, -0.2) is 44.8 Å². The fourth-order valence-electron chi connectivity index (χ4n) is 3.82. The lowest BCUT2D eigenvalue weighted by atomic mass is 9.85. The number of hydrogen-bond acceptors (Lipinski definition) is 5. The molecule has 2 N–H and O–H groups in total. The van der Waals surface area contributed by atoms with Gasteiger partial charge in [-0.2, -0.15) is 0 Å². The minimum atomic E-state index is -0.804. The van der Waals surface area contributed by atoms with Crippen LogP contribution in [0, 0.1) is 11.8 Å². The first kappa shape index (κ1) is 23.0. The molecule has 1 saturated carbocycles. The van der Waals surface area contributed by atoms with Crippen LogP contribution in [0.25, 0.3) is 0 Å². The molecular weight excluding hydrogens is 394 g/mol. The highest BCUT2D eigenvalue weighted by atomic mass is 32.2. The Morgan fingerprint density at radius 3 is 2.61 bits per heavy atom. The van der Waals surface area contributed by atoms with Crippen molar-refractivity contribution < 1.29 is 14.7 Å². The van der Waals surface area contributed by atoms with Crippen molar-refractivity contribution in [3.05, 3.63) is 6.20 Å². The highest BCUT2D eigenvalue weighted by molar-refractivity contribution is 8.01. The fourth-order valence-corrected chi connectivity index (χ4v) is 5.69. The van der Waals surface area contributed by atoms with Gasteiger partial charge in [0.1, 0.15) is 0 Å². The zero-order chi connectivity index (χ0) is 20.7. The van der Waals surface area contributed by atoms with Crippen LogP contribution < -0.4 is 5.32 Å². The summed E-state index contributed by atoms with van der Waals surface area (Å²) in [5, 5.41) is 12.3. The number of aliphatic carboxylic acids is 1. The molecule has 0 spiro atoms. The smallest absolute Gasteiger partial charge is 0.324 e. The van der Waals surface area contributed by atoms with E-state index in [1.165, 1.54) is 35.9 Å². The Morgan fingerprint density at radius 1 is 1.32 bits per heavy atom. The third-order valence-electron chi connectivity index (χ3n) is 5.16. The third kappa shape index (κ3) is 7.28. The van der Waals surface area contributed by atoms with Crippen LogP contribution in [0.5, 0.6) is 0 Å². The van der Waals surface area contributed by atoms with Crippen molar-refractivity contribution in [2.45, 2.75) is 82.5 Å². The molecule has 2 rings (SSSR count). The van der Waals surface area contributed by atoms with Gasteiger partial charge in [-0.25, -0.2) is 9.78 Å². The zero-order valence-electron chi connectivity index (χ0n) is 17.3. The van der Waals surface area contributed by atoms with Gasteiger partial charge in [0.05, 0.1) is 16.8 Å². The Morgan fingerprint density at radius 2 is 2.00 bits per heavy atom. The standard InChI is InChI=1S/C20H33N3O3S2/c1-13(2)11-15(4)23(16-7-5-14(3)6-8-16)20(26)22-19-21-12-18(28-19)27-10-9-17(24)25/h12-16H,5-11H2,1-4H3,(H,24,25)(H,21,22,26). The van der Waals surface area contributed by atoms with Gasteiger partial charge in [-0.1, -0.05) is 32.1 Å². The maximum absolute atomic E-state index is 13.1. The minimum Gasteiger partial charge on any atom is -0.481 e. The molecule has 1 heterocycles. The molecule has 1 aromatic rings. The molecular formula is C20H33N3O3S2. The van der Waals surface area contributed by atoms with E-state index in [2.05, 4.69) is 38.0 Å². The molecule has 1 aliphatic carbocycles. The normalized spacial score (nSPS) is 20.8. The fraction of sp³-hybridized carbons (Fsp3) is 0.750. The molecule has 8 heteroatoms. The molecule has 0 saturated heterocycles. The average Bonchev–Trinajstić information content (AvgIpc) is 3.03. The van der Waals surface area contributed by atoms with Crippen LogP contribution in [0.15, 0.2) is 10.4 Å². The lowest BCUT2D eigenvalue weighted by Crippen LogP contribution is -2.49. The third-order valence-corrected chi connectivity index (χ3v) is 7.27. The lowest BCUT2D eigenvalue weighted by Gasteiger charge is -2.40. The Hall–Kier alpha value is -1.28. The van der Waals surface area contributed by atoms with Gasteiger partial charge in [0, 0.05) is 17.8 Å². The highest BCUT2D eigenvalue weighted by Gasteiger charge is 2.31. The van der Waals surface area contributed by atoms with Crippen molar-refractivity contribution in [2.75, 3.05) is 11.1 Å². The molecule has 1 unspecified atom stereocenters. The molecule has 1 atom stereocenters. The molecule has 0 radical (unpaired) electrons. The molecule has 0 aliphatic heterocycles. The number of hydrogen-bond donors (Lipinski definition) is 2. The number of carboxylic acid groups (broad SMARTS) is 1. The van der Waals surface area contributed by atoms with Crippen LogP contribution in [0.4, 0.5) is 9.93 Å². The molecule has 28 heavy (non-hydrogen) atoms. The van der Waals surface area contributed by atoms with E-state index in [1.54, 1.807) is 6.20 Å². The maximum atomic E-state index is 13.1. The number of anilines is 1. The number of carbonyl (C=O) groups excluding carboxylic acids is 1. The second-order valence-electron chi connectivity index (χ2n) is 8.21. The van der Waals surface area contributed by atoms with Crippen molar-refractivity contribution >= 4 is 40.2 Å². The first-order valence-electron chi connectivity index (χ1n) is 10.2. The number of urea groups is 1. The number of nitrogens with one attached hydrogen (secondary N) is 1. The monoisotopic (exact) mass is 427 g/mol. The summed E-state index contributed by atoms with van der Waals surface area (Å²) in [5.74, 6) is 0.973. The summed E-state index contributed by atoms with van der Waals surface area (Å²) in [4.78, 5) is 30.1. The summed E-state index contributed by atoms with van der Waals surface area (Å²) in [5.41, 5.74) is 0. The van der Waals surface area contributed by atoms with Crippen LogP contribution in [-0.2, 0) is 4.79 Å². The van der Waals surface area contributed by atoms with E-state index in [0.717, 1.165) is 29.4 Å². The van der Waals surface area contributed by atoms with Crippen LogP contribution in [0.1, 0.15) is 66.2 Å². The minimum absolute atomic E-state index is 0.0656. The van der Waals surface area contributed by atoms with E-state index < -0.39 is 5.97 Å². The molecule has 2 amide bonds. The number of thioether (sulfide) groups is 1. The summed E-state index contributed by atoms with van der Waals surface area (Å²) in [6, 6.07) is 0.404. The van der Waals surface area contributed by atoms with Gasteiger partial charge >= 0.3 is 12.0 Å². The topological polar surface area (TPSA) is 82.5 Å². The Balaban J connectivity index is 2.01. The van der Waals surface area contributed by atoms with Crippen molar-refractivity contribution in [1.29, 1.82) is 0 Å². The molecule has 1 aromatic heterocycles. The van der Waals surface area contributed by atoms with Crippen LogP contribution in [0.2, 0.25) is 0 Å². The Bertz CT molecular complexity index is 642. The van der Waals surface area contributed by atoms with Gasteiger partial charge in [-0.3, -0.25) is 10.1 Å². The summed E-state index contributed by atoms with van der Waals surface area (Å²) >= 11 is 2.86. The zero-order valence-corrected chi connectivity index (χ0v) is 18.9. The SMILES string of the molecule is CC(C)CC(C)N(C(=O)Nc1ncc(SCCC(=O)O)s1)C1CCC(C)CC1. The first-order valence-corrected chi connectivity index (χ1v) is 12.0. The molecule has 158 valence electrons. The molecule has 0 bridgehead atoms.